The maximum Gasteiger partial charge on any atom is 2.00 e. The monoisotopic (exact) mass is 595 g/mol. The van der Waals surface area contributed by atoms with Crippen LogP contribution < -0.4 is 0 Å². The van der Waals surface area contributed by atoms with Crippen molar-refractivity contribution in [1.82, 2.24) is 15.0 Å². The van der Waals surface area contributed by atoms with Gasteiger partial charge in [-0.15, -0.1) is 5.21 Å². The molecule has 0 unspecified atom stereocenters. The Balaban J connectivity index is -0.000000154. The van der Waals surface area contributed by atoms with Gasteiger partial charge in [-0.1, -0.05) is 40.8 Å². The molecule has 0 aliphatic carbocycles. The van der Waals surface area contributed by atoms with Crippen molar-refractivity contribution in [2.45, 2.75) is 53.9 Å². The van der Waals surface area contributed by atoms with Crippen molar-refractivity contribution in [2.75, 3.05) is 0 Å². The van der Waals surface area contributed by atoms with Gasteiger partial charge in [0.2, 0.25) is 0 Å². The van der Waals surface area contributed by atoms with Crippen molar-refractivity contribution < 1.29 is 68.2 Å². The van der Waals surface area contributed by atoms with Crippen LogP contribution in [0.5, 0.6) is 0 Å². The molecule has 0 fully saturated rings. The van der Waals surface area contributed by atoms with Gasteiger partial charge in [0.05, 0.1) is 0 Å². The van der Waals surface area contributed by atoms with E-state index >= 15 is 0 Å². The van der Waals surface area contributed by atoms with E-state index in [9.17, 15) is 9.59 Å². The summed E-state index contributed by atoms with van der Waals surface area (Å²) in [6.45, 7) is 16.7. The SMILES string of the molecule is [CH-]=O.[CH2-]C(=O)CCC(C)(C)C.[CH2-]n1cc(CC(=O)C(C)C)nn1.[W+2].[Y]. The molecule has 1 radical (unpaired) electrons. The summed E-state index contributed by atoms with van der Waals surface area (Å²) in [7, 11) is 3.53. The fourth-order valence-corrected chi connectivity index (χ4v) is 1.32. The molecule has 25 heavy (non-hydrogen) atoms. The zero-order valence-corrected chi connectivity index (χ0v) is 21.6. The first-order valence-corrected chi connectivity index (χ1v) is 7.34. The Morgan fingerprint density at radius 2 is 1.76 bits per heavy atom. The summed E-state index contributed by atoms with van der Waals surface area (Å²) in [5.74, 6) is 0.278. The smallest absolute Gasteiger partial charge is 0.545 e. The molecule has 0 saturated heterocycles. The van der Waals surface area contributed by atoms with Crippen LogP contribution in [0.4, 0.5) is 0 Å². The number of rotatable bonds is 5. The molecule has 0 N–H and O–H groups in total. The van der Waals surface area contributed by atoms with E-state index in [-0.39, 0.29) is 76.7 Å². The molecule has 1 heterocycles. The molecule has 6 nitrogen and oxygen atoms in total. The predicted octanol–water partition coefficient (Wildman–Crippen LogP) is 2.62. The van der Waals surface area contributed by atoms with Crippen molar-refractivity contribution in [3.63, 3.8) is 0 Å². The van der Waals surface area contributed by atoms with E-state index < -0.39 is 0 Å². The van der Waals surface area contributed by atoms with Gasteiger partial charge >= 0.3 is 21.1 Å². The molecule has 0 bridgehead atoms. The van der Waals surface area contributed by atoms with Crippen molar-refractivity contribution in [1.29, 1.82) is 0 Å². The Morgan fingerprint density at radius 3 is 2.00 bits per heavy atom. The third-order valence-corrected chi connectivity index (χ3v) is 2.74. The standard InChI is InChI=1S/C8H12N3O.C8H15O.CHO.W.Y/c1-6(2)8(12)4-7-5-11(3)10-9-7;1-7(9)5-6-8(2,3)4;1-2;;/h5-6H,3-4H2,1-2H3;1,5-6H2,2-4H3;1H;;/q3*-1;+2;. The first-order chi connectivity index (χ1) is 10.5. The summed E-state index contributed by atoms with van der Waals surface area (Å²) < 4.78 is 1.35. The predicted molar refractivity (Wildman–Crippen MR) is 90.1 cm³/mol. The molecule has 0 aromatic carbocycles. The van der Waals surface area contributed by atoms with Crippen LogP contribution in [0.15, 0.2) is 6.20 Å². The Kier molecular flexibility index (Phi) is 22.2. The molecular formula is C17H28N3O3WY-. The van der Waals surface area contributed by atoms with Gasteiger partial charge < -0.3 is 21.2 Å². The summed E-state index contributed by atoms with van der Waals surface area (Å²) in [4.78, 5) is 29.4. The quantitative estimate of drug-likeness (QED) is 0.387. The van der Waals surface area contributed by atoms with Crippen LogP contribution in [0.2, 0.25) is 0 Å². The number of carbonyl (C=O) groups is 2. The van der Waals surface area contributed by atoms with Crippen LogP contribution in [0.3, 0.4) is 0 Å². The van der Waals surface area contributed by atoms with Gasteiger partial charge in [-0.25, -0.2) is 0 Å². The van der Waals surface area contributed by atoms with E-state index in [0.29, 0.717) is 18.5 Å². The average molecular weight is 595 g/mol. The normalized spacial score (nSPS) is 9.36. The Morgan fingerprint density at radius 1 is 1.28 bits per heavy atom. The number of aromatic nitrogens is 3. The Bertz CT molecular complexity index is 486. The van der Waals surface area contributed by atoms with Gasteiger partial charge in [0.1, 0.15) is 5.78 Å². The molecule has 1 aromatic heterocycles. The summed E-state index contributed by atoms with van der Waals surface area (Å²) >= 11 is 0. The van der Waals surface area contributed by atoms with Crippen LogP contribution in [-0.2, 0) is 74.6 Å². The van der Waals surface area contributed by atoms with Crippen molar-refractivity contribution >= 4 is 18.4 Å². The van der Waals surface area contributed by atoms with Gasteiger partial charge in [-0.05, 0) is 24.0 Å². The zero-order chi connectivity index (χ0) is 18.6. The van der Waals surface area contributed by atoms with Crippen molar-refractivity contribution in [2.24, 2.45) is 11.3 Å². The van der Waals surface area contributed by atoms with Gasteiger partial charge in [0.15, 0.2) is 0 Å². The van der Waals surface area contributed by atoms with E-state index in [4.69, 9.17) is 4.79 Å². The molecule has 0 aliphatic heterocycles. The first-order valence-electron chi connectivity index (χ1n) is 7.34. The first kappa shape index (κ1) is 32.4. The number of Topliss-reactive ketones (excluding diaryl/α,β-unsaturated/α-hetero) is 2. The van der Waals surface area contributed by atoms with Gasteiger partial charge in [-0.3, -0.25) is 11.6 Å². The van der Waals surface area contributed by atoms with Crippen LogP contribution in [0.25, 0.3) is 0 Å². The Hall–Kier alpha value is -0.318. The molecular weight excluding hydrogens is 567 g/mol. The largest absolute Gasteiger partial charge is 2.00 e. The molecule has 0 atom stereocenters. The summed E-state index contributed by atoms with van der Waals surface area (Å²) in [5.41, 5.74) is 0.955. The second-order valence-corrected chi connectivity index (χ2v) is 6.65. The van der Waals surface area contributed by atoms with E-state index in [1.54, 1.807) is 6.20 Å². The molecule has 139 valence electrons. The molecule has 0 aliphatic rings. The second kappa shape index (κ2) is 17.1. The fourth-order valence-electron chi connectivity index (χ4n) is 1.32. The third kappa shape index (κ3) is 21.6. The average Bonchev–Trinajstić information content (AvgIpc) is 2.84. The molecule has 0 saturated carbocycles. The number of carbonyl (C=O) groups excluding carboxylic acids is 3. The minimum atomic E-state index is 0. The van der Waals surface area contributed by atoms with E-state index in [1.807, 2.05) is 13.8 Å². The third-order valence-electron chi connectivity index (χ3n) is 2.74. The Labute approximate surface area is 191 Å². The molecule has 0 amide bonds. The summed E-state index contributed by atoms with van der Waals surface area (Å²) in [6.07, 6.45) is 3.56. The van der Waals surface area contributed by atoms with Gasteiger partial charge in [0.25, 0.3) is 0 Å². The summed E-state index contributed by atoms with van der Waals surface area (Å²) in [6, 6.07) is 0. The zero-order valence-electron chi connectivity index (χ0n) is 15.8. The topological polar surface area (TPSA) is 81.9 Å². The number of ketones is 2. The fraction of sp³-hybridized carbons (Fsp3) is 0.588. The van der Waals surface area contributed by atoms with Crippen molar-refractivity contribution in [3.8, 4) is 0 Å². The minimum Gasteiger partial charge on any atom is -0.545 e. The maximum absolute atomic E-state index is 11.2. The van der Waals surface area contributed by atoms with E-state index in [1.165, 1.54) is 4.68 Å². The number of hydrogen-bond donors (Lipinski definition) is 0. The van der Waals surface area contributed by atoms with Gasteiger partial charge in [-0.2, -0.15) is 12.1 Å². The summed E-state index contributed by atoms with van der Waals surface area (Å²) in [5, 5.41) is 7.40. The molecule has 0 spiro atoms. The maximum atomic E-state index is 11.2. The second-order valence-electron chi connectivity index (χ2n) is 6.65. The molecule has 8 heteroatoms. The van der Waals surface area contributed by atoms with Gasteiger partial charge in [0, 0.05) is 50.7 Å². The molecule has 1 aromatic rings. The van der Waals surface area contributed by atoms with Crippen molar-refractivity contribution in [3.05, 3.63) is 25.9 Å². The van der Waals surface area contributed by atoms with E-state index in [2.05, 4.69) is 51.8 Å². The number of hydrogen-bond acceptors (Lipinski definition) is 5. The minimum absolute atomic E-state index is 0. The van der Waals surface area contributed by atoms with Crippen LogP contribution in [-0.4, -0.2) is 33.3 Å². The van der Waals surface area contributed by atoms with Crippen LogP contribution >= 0.6 is 0 Å². The van der Waals surface area contributed by atoms with E-state index in [0.717, 1.165) is 6.42 Å². The van der Waals surface area contributed by atoms with Crippen LogP contribution in [0, 0.1) is 25.3 Å². The number of nitrogens with zero attached hydrogens (tertiary/aromatic N) is 3. The van der Waals surface area contributed by atoms with Crippen LogP contribution in [0.1, 0.15) is 53.2 Å². The molecule has 1 rings (SSSR count).